The summed E-state index contributed by atoms with van der Waals surface area (Å²) in [5.74, 6) is 1.87. The lowest BCUT2D eigenvalue weighted by Crippen LogP contribution is -1.97. The van der Waals surface area contributed by atoms with Crippen LogP contribution in [0.3, 0.4) is 0 Å². The Labute approximate surface area is 141 Å². The van der Waals surface area contributed by atoms with Crippen LogP contribution in [0.25, 0.3) is 27.9 Å². The Hall–Kier alpha value is -3.00. The van der Waals surface area contributed by atoms with Crippen molar-refractivity contribution in [3.8, 4) is 22.9 Å². The van der Waals surface area contributed by atoms with Crippen LogP contribution in [0, 0.1) is 4.77 Å². The van der Waals surface area contributed by atoms with Crippen molar-refractivity contribution in [2.45, 2.75) is 0 Å². The van der Waals surface area contributed by atoms with Crippen molar-refractivity contribution in [1.82, 2.24) is 24.6 Å². The van der Waals surface area contributed by atoms with Crippen molar-refractivity contribution in [1.29, 1.82) is 0 Å². The molecule has 4 aromatic rings. The largest absolute Gasteiger partial charge is 0.493 e. The highest BCUT2D eigenvalue weighted by Gasteiger charge is 2.14. The fourth-order valence-electron chi connectivity index (χ4n) is 2.58. The van der Waals surface area contributed by atoms with Crippen LogP contribution in [-0.2, 0) is 0 Å². The summed E-state index contributed by atoms with van der Waals surface area (Å²) in [7, 11) is 3.18. The van der Waals surface area contributed by atoms with Gasteiger partial charge in [0.15, 0.2) is 23.0 Å². The molecule has 3 aromatic heterocycles. The van der Waals surface area contributed by atoms with E-state index in [4.69, 9.17) is 21.7 Å². The van der Waals surface area contributed by atoms with E-state index in [1.54, 1.807) is 37.2 Å². The minimum absolute atomic E-state index is 0.382. The van der Waals surface area contributed by atoms with Crippen LogP contribution in [-0.4, -0.2) is 38.8 Å². The zero-order valence-corrected chi connectivity index (χ0v) is 13.8. The zero-order chi connectivity index (χ0) is 16.7. The summed E-state index contributed by atoms with van der Waals surface area (Å²) in [6, 6.07) is 7.42. The molecule has 1 N–H and O–H groups in total. The van der Waals surface area contributed by atoms with Gasteiger partial charge in [-0.3, -0.25) is 10.1 Å². The molecule has 0 radical (unpaired) electrons. The zero-order valence-electron chi connectivity index (χ0n) is 13.0. The molecule has 0 aliphatic rings. The number of hydrogen-bond acceptors (Lipinski definition) is 6. The maximum Gasteiger partial charge on any atom is 0.221 e. The van der Waals surface area contributed by atoms with Crippen LogP contribution in [0.5, 0.6) is 11.5 Å². The van der Waals surface area contributed by atoms with Gasteiger partial charge in [0, 0.05) is 29.4 Å². The molecule has 0 bridgehead atoms. The molecule has 0 amide bonds. The molecule has 0 unspecified atom stereocenters. The number of hydrogen-bond donors (Lipinski definition) is 1. The van der Waals surface area contributed by atoms with Crippen molar-refractivity contribution in [3.05, 3.63) is 41.4 Å². The molecule has 0 saturated carbocycles. The van der Waals surface area contributed by atoms with Gasteiger partial charge in [-0.2, -0.15) is 0 Å². The molecule has 120 valence electrons. The Morgan fingerprint density at radius 1 is 1.12 bits per heavy atom. The summed E-state index contributed by atoms with van der Waals surface area (Å²) in [5.41, 5.74) is 2.23. The van der Waals surface area contributed by atoms with Crippen LogP contribution < -0.4 is 9.47 Å². The number of nitrogens with one attached hydrogen (secondary N) is 1. The average Bonchev–Trinajstić information content (AvgIpc) is 3.08. The van der Waals surface area contributed by atoms with Gasteiger partial charge in [0.1, 0.15) is 0 Å². The Bertz CT molecular complexity index is 1100. The first-order valence-electron chi connectivity index (χ1n) is 7.16. The Morgan fingerprint density at radius 3 is 2.62 bits per heavy atom. The van der Waals surface area contributed by atoms with Crippen molar-refractivity contribution >= 4 is 28.8 Å². The maximum absolute atomic E-state index is 5.38. The van der Waals surface area contributed by atoms with Crippen molar-refractivity contribution < 1.29 is 9.47 Å². The molecule has 24 heavy (non-hydrogen) atoms. The molecule has 1 aromatic carbocycles. The summed E-state index contributed by atoms with van der Waals surface area (Å²) >= 11 is 5.38. The van der Waals surface area contributed by atoms with Crippen LogP contribution in [0.1, 0.15) is 0 Å². The number of aromatic amines is 1. The second-order valence-corrected chi connectivity index (χ2v) is 5.46. The average molecular weight is 339 g/mol. The van der Waals surface area contributed by atoms with Crippen molar-refractivity contribution in [3.63, 3.8) is 0 Å². The fraction of sp³-hybridized carbons (Fsp3) is 0.125. The lowest BCUT2D eigenvalue weighted by atomic mass is 10.2. The Kier molecular flexibility index (Phi) is 3.39. The van der Waals surface area contributed by atoms with Crippen molar-refractivity contribution in [2.75, 3.05) is 14.2 Å². The summed E-state index contributed by atoms with van der Waals surface area (Å²) < 4.78 is 12.8. The summed E-state index contributed by atoms with van der Waals surface area (Å²) in [6.07, 6.45) is 3.45. The van der Waals surface area contributed by atoms with Gasteiger partial charge >= 0.3 is 0 Å². The summed E-state index contributed by atoms with van der Waals surface area (Å²) in [5, 5.41) is 3.98. The number of methoxy groups -OCH3 is 2. The van der Waals surface area contributed by atoms with Crippen LogP contribution in [0.2, 0.25) is 0 Å². The summed E-state index contributed by atoms with van der Waals surface area (Å²) in [6.45, 7) is 0. The maximum atomic E-state index is 5.38. The Balaban J connectivity index is 2.06. The van der Waals surface area contributed by atoms with Gasteiger partial charge in [-0.25, -0.2) is 14.5 Å². The third-order valence-corrected chi connectivity index (χ3v) is 4.01. The number of nitrogens with zero attached hydrogens (tertiary/aromatic N) is 4. The van der Waals surface area contributed by atoms with Gasteiger partial charge in [0.2, 0.25) is 4.77 Å². The minimum atomic E-state index is 0.382. The van der Waals surface area contributed by atoms with E-state index < -0.39 is 0 Å². The number of pyridine rings is 1. The highest BCUT2D eigenvalue weighted by Crippen LogP contribution is 2.33. The van der Waals surface area contributed by atoms with Gasteiger partial charge < -0.3 is 9.47 Å². The minimum Gasteiger partial charge on any atom is -0.493 e. The molecular formula is C16H13N5O2S. The summed E-state index contributed by atoms with van der Waals surface area (Å²) in [4.78, 5) is 13.2. The van der Waals surface area contributed by atoms with Gasteiger partial charge in [-0.05, 0) is 30.4 Å². The fourth-order valence-corrected chi connectivity index (χ4v) is 2.81. The van der Waals surface area contributed by atoms with E-state index in [1.165, 1.54) is 0 Å². The molecule has 0 fully saturated rings. The SMILES string of the molecule is COc1cc2nc(=S)n3[nH]c(-c4cccnc4)nc3c2cc1OC. The third kappa shape index (κ3) is 2.19. The normalized spacial score (nSPS) is 11.1. The number of benzene rings is 1. The third-order valence-electron chi connectivity index (χ3n) is 3.73. The topological polar surface area (TPSA) is 77.3 Å². The molecule has 0 atom stereocenters. The highest BCUT2D eigenvalue weighted by molar-refractivity contribution is 7.71. The molecule has 0 aliphatic carbocycles. The van der Waals surface area contributed by atoms with Gasteiger partial charge in [-0.1, -0.05) is 0 Å². The van der Waals surface area contributed by atoms with Gasteiger partial charge in [-0.15, -0.1) is 0 Å². The van der Waals surface area contributed by atoms with E-state index in [1.807, 2.05) is 18.2 Å². The number of H-pyrrole nitrogens is 1. The number of rotatable bonds is 3. The smallest absolute Gasteiger partial charge is 0.221 e. The molecule has 7 nitrogen and oxygen atoms in total. The monoisotopic (exact) mass is 339 g/mol. The molecule has 3 heterocycles. The predicted octanol–water partition coefficient (Wildman–Crippen LogP) is 3.02. The van der Waals surface area contributed by atoms with E-state index in [2.05, 4.69) is 20.1 Å². The predicted molar refractivity (Wildman–Crippen MR) is 92.0 cm³/mol. The lowest BCUT2D eigenvalue weighted by molar-refractivity contribution is 0.356. The van der Waals surface area contributed by atoms with Crippen molar-refractivity contribution in [2.24, 2.45) is 0 Å². The lowest BCUT2D eigenvalue weighted by Gasteiger charge is -2.08. The second kappa shape index (κ2) is 5.57. The van der Waals surface area contributed by atoms with E-state index >= 15 is 0 Å². The number of ether oxygens (including phenoxy) is 2. The second-order valence-electron chi connectivity index (χ2n) is 5.09. The molecular weight excluding hydrogens is 326 g/mol. The Morgan fingerprint density at radius 2 is 1.92 bits per heavy atom. The first kappa shape index (κ1) is 14.6. The first-order chi connectivity index (χ1) is 11.7. The number of fused-ring (bicyclic) bond motifs is 3. The first-order valence-corrected chi connectivity index (χ1v) is 7.57. The molecule has 0 saturated heterocycles. The van der Waals surface area contributed by atoms with Crippen LogP contribution in [0.15, 0.2) is 36.7 Å². The molecule has 8 heteroatoms. The quantitative estimate of drug-likeness (QED) is 0.578. The van der Waals surface area contributed by atoms with Gasteiger partial charge in [0.05, 0.1) is 19.7 Å². The van der Waals surface area contributed by atoms with Gasteiger partial charge in [0.25, 0.3) is 0 Å². The molecule has 0 spiro atoms. The highest BCUT2D eigenvalue weighted by atomic mass is 32.1. The van der Waals surface area contributed by atoms with E-state index in [-0.39, 0.29) is 0 Å². The van der Waals surface area contributed by atoms with E-state index in [0.717, 1.165) is 10.9 Å². The molecule has 0 aliphatic heterocycles. The standard InChI is InChI=1S/C16H13N5O2S/c1-22-12-6-10-11(7-13(12)23-2)18-16(24)21-15(10)19-14(20-21)9-4-3-5-17-8-9/h3-8H,1-2H3,(H,19,20). The van der Waals surface area contributed by atoms with E-state index in [0.29, 0.717) is 33.3 Å². The molecule has 4 rings (SSSR count). The number of aromatic nitrogens is 5. The van der Waals surface area contributed by atoms with E-state index in [9.17, 15) is 0 Å². The van der Waals surface area contributed by atoms with Crippen LogP contribution >= 0.6 is 12.2 Å². The van der Waals surface area contributed by atoms with Crippen LogP contribution in [0.4, 0.5) is 0 Å².